The number of nitrogens with zero attached hydrogens (tertiary/aromatic N) is 3. The predicted octanol–water partition coefficient (Wildman–Crippen LogP) is 1.91. The van der Waals surface area contributed by atoms with Crippen LogP contribution in [0.5, 0.6) is 0 Å². The highest BCUT2D eigenvalue weighted by Gasteiger charge is 2.07. The quantitative estimate of drug-likeness (QED) is 0.723. The van der Waals surface area contributed by atoms with Gasteiger partial charge in [0.15, 0.2) is 0 Å². The van der Waals surface area contributed by atoms with E-state index < -0.39 is 0 Å². The summed E-state index contributed by atoms with van der Waals surface area (Å²) in [6.45, 7) is 6.25. The highest BCUT2D eigenvalue weighted by molar-refractivity contribution is 6.29. The molecule has 0 fully saturated rings. The Kier molecular flexibility index (Phi) is 4.78. The minimum absolute atomic E-state index is 0.480. The summed E-state index contributed by atoms with van der Waals surface area (Å²) in [6.07, 6.45) is 0. The number of hydrogen-bond donors (Lipinski definition) is 0. The number of halogens is 1. The van der Waals surface area contributed by atoms with Crippen LogP contribution in [-0.4, -0.2) is 36.8 Å². The van der Waals surface area contributed by atoms with Gasteiger partial charge in [-0.25, -0.2) is 9.97 Å². The van der Waals surface area contributed by atoms with E-state index in [-0.39, 0.29) is 0 Å². The smallest absolute Gasteiger partial charge is 0.134 e. The Balaban J connectivity index is 2.81. The van der Waals surface area contributed by atoms with Crippen LogP contribution in [0.3, 0.4) is 0 Å². The van der Waals surface area contributed by atoms with E-state index in [4.69, 9.17) is 16.3 Å². The van der Waals surface area contributed by atoms with Gasteiger partial charge in [0.25, 0.3) is 0 Å². The minimum atomic E-state index is 0.480. The van der Waals surface area contributed by atoms with Crippen molar-refractivity contribution in [2.45, 2.75) is 13.8 Å². The van der Waals surface area contributed by atoms with Gasteiger partial charge in [0.2, 0.25) is 0 Å². The second-order valence-corrected chi connectivity index (χ2v) is 3.56. The summed E-state index contributed by atoms with van der Waals surface area (Å²) in [7, 11) is 1.69. The molecule has 1 rings (SSSR count). The Morgan fingerprint density at radius 3 is 2.73 bits per heavy atom. The van der Waals surface area contributed by atoms with Crippen LogP contribution in [0.25, 0.3) is 0 Å². The highest BCUT2D eigenvalue weighted by atomic mass is 35.5. The van der Waals surface area contributed by atoms with Gasteiger partial charge in [-0.05, 0) is 13.8 Å². The molecular weight excluding hydrogens is 214 g/mol. The van der Waals surface area contributed by atoms with E-state index in [1.54, 1.807) is 13.2 Å². The first-order valence-electron chi connectivity index (χ1n) is 4.92. The number of aromatic nitrogens is 2. The third kappa shape index (κ3) is 3.64. The number of rotatable bonds is 5. The molecule has 0 atom stereocenters. The van der Waals surface area contributed by atoms with E-state index in [1.165, 1.54) is 0 Å². The van der Waals surface area contributed by atoms with Crippen molar-refractivity contribution < 1.29 is 4.74 Å². The van der Waals surface area contributed by atoms with Crippen LogP contribution < -0.4 is 4.90 Å². The average molecular weight is 230 g/mol. The summed E-state index contributed by atoms with van der Waals surface area (Å²) in [5, 5.41) is 0.480. The van der Waals surface area contributed by atoms with E-state index in [9.17, 15) is 0 Å². The van der Waals surface area contributed by atoms with Gasteiger partial charge in [-0.2, -0.15) is 0 Å². The first kappa shape index (κ1) is 12.2. The number of hydrogen-bond acceptors (Lipinski definition) is 4. The van der Waals surface area contributed by atoms with Gasteiger partial charge in [-0.15, -0.1) is 0 Å². The summed E-state index contributed by atoms with van der Waals surface area (Å²) in [6, 6.07) is 1.77. The monoisotopic (exact) mass is 229 g/mol. The third-order valence-electron chi connectivity index (χ3n) is 2.06. The molecule has 0 aliphatic carbocycles. The summed E-state index contributed by atoms with van der Waals surface area (Å²) in [5.41, 5.74) is 0. The normalized spacial score (nSPS) is 10.4. The molecule has 0 aromatic carbocycles. The fourth-order valence-electron chi connectivity index (χ4n) is 1.31. The van der Waals surface area contributed by atoms with Crippen molar-refractivity contribution in [3.63, 3.8) is 0 Å². The Bertz CT molecular complexity index is 299. The molecule has 1 heterocycles. The molecule has 0 saturated heterocycles. The van der Waals surface area contributed by atoms with Crippen molar-refractivity contribution in [2.24, 2.45) is 0 Å². The van der Waals surface area contributed by atoms with Gasteiger partial charge in [-0.1, -0.05) is 11.6 Å². The van der Waals surface area contributed by atoms with Gasteiger partial charge in [0, 0.05) is 26.3 Å². The number of methoxy groups -OCH3 is 1. The minimum Gasteiger partial charge on any atom is -0.383 e. The lowest BCUT2D eigenvalue weighted by molar-refractivity contribution is 0.205. The molecule has 0 unspecified atom stereocenters. The Hall–Kier alpha value is -0.870. The largest absolute Gasteiger partial charge is 0.383 e. The molecule has 0 radical (unpaired) electrons. The molecule has 4 nitrogen and oxygen atoms in total. The van der Waals surface area contributed by atoms with Gasteiger partial charge in [0.05, 0.1) is 6.61 Å². The van der Waals surface area contributed by atoms with E-state index in [0.29, 0.717) is 17.6 Å². The molecule has 0 saturated carbocycles. The maximum absolute atomic E-state index is 5.88. The fraction of sp³-hybridized carbons (Fsp3) is 0.600. The second kappa shape index (κ2) is 5.88. The van der Waals surface area contributed by atoms with Crippen molar-refractivity contribution >= 4 is 17.4 Å². The molecule has 1 aromatic rings. The van der Waals surface area contributed by atoms with Gasteiger partial charge < -0.3 is 9.64 Å². The first-order chi connectivity index (χ1) is 7.17. The van der Waals surface area contributed by atoms with Crippen molar-refractivity contribution in [3.8, 4) is 0 Å². The number of anilines is 1. The number of ether oxygens (including phenoxy) is 1. The van der Waals surface area contributed by atoms with Crippen LogP contribution in [-0.2, 0) is 4.74 Å². The zero-order chi connectivity index (χ0) is 11.3. The van der Waals surface area contributed by atoms with Crippen LogP contribution in [0.1, 0.15) is 12.7 Å². The van der Waals surface area contributed by atoms with Crippen molar-refractivity contribution in [1.82, 2.24) is 9.97 Å². The zero-order valence-electron chi connectivity index (χ0n) is 9.33. The lowest BCUT2D eigenvalue weighted by Crippen LogP contribution is -2.27. The molecule has 84 valence electrons. The second-order valence-electron chi connectivity index (χ2n) is 3.17. The Labute approximate surface area is 95.2 Å². The van der Waals surface area contributed by atoms with Crippen LogP contribution >= 0.6 is 11.6 Å². The lowest BCUT2D eigenvalue weighted by atomic mass is 10.4. The lowest BCUT2D eigenvalue weighted by Gasteiger charge is -2.21. The molecular formula is C10H16ClN3O. The van der Waals surface area contributed by atoms with E-state index in [2.05, 4.69) is 21.8 Å². The predicted molar refractivity (Wildman–Crippen MR) is 61.5 cm³/mol. The van der Waals surface area contributed by atoms with Crippen molar-refractivity contribution in [3.05, 3.63) is 17.0 Å². The highest BCUT2D eigenvalue weighted by Crippen LogP contribution is 2.15. The first-order valence-corrected chi connectivity index (χ1v) is 5.30. The molecule has 1 aromatic heterocycles. The molecule has 0 aliphatic rings. The Morgan fingerprint density at radius 2 is 2.20 bits per heavy atom. The topological polar surface area (TPSA) is 38.2 Å². The number of aryl methyl sites for hydroxylation is 1. The maximum Gasteiger partial charge on any atom is 0.134 e. The van der Waals surface area contributed by atoms with Crippen molar-refractivity contribution in [2.75, 3.05) is 31.7 Å². The number of likely N-dealkylation sites (N-methyl/N-ethyl adjacent to an activating group) is 1. The summed E-state index contributed by atoms with van der Waals surface area (Å²) in [4.78, 5) is 10.5. The summed E-state index contributed by atoms with van der Waals surface area (Å²) < 4.78 is 5.04. The molecule has 0 aliphatic heterocycles. The van der Waals surface area contributed by atoms with E-state index in [0.717, 1.165) is 18.9 Å². The molecule has 5 heteroatoms. The van der Waals surface area contributed by atoms with Gasteiger partial charge >= 0.3 is 0 Å². The molecule has 15 heavy (non-hydrogen) atoms. The SMILES string of the molecule is CCN(CCOC)c1cc(Cl)nc(C)n1. The average Bonchev–Trinajstić information content (AvgIpc) is 2.17. The Morgan fingerprint density at radius 1 is 1.47 bits per heavy atom. The summed E-state index contributed by atoms with van der Waals surface area (Å²) in [5.74, 6) is 1.54. The molecule has 0 spiro atoms. The van der Waals surface area contributed by atoms with Crippen LogP contribution in [0.4, 0.5) is 5.82 Å². The van der Waals surface area contributed by atoms with Crippen LogP contribution in [0.2, 0.25) is 5.15 Å². The maximum atomic E-state index is 5.88. The van der Waals surface area contributed by atoms with Crippen LogP contribution in [0, 0.1) is 6.92 Å². The molecule has 0 N–H and O–H groups in total. The van der Waals surface area contributed by atoms with Crippen LogP contribution in [0.15, 0.2) is 6.07 Å². The summed E-state index contributed by atoms with van der Waals surface area (Å²) >= 11 is 5.88. The molecule has 0 bridgehead atoms. The standard InChI is InChI=1S/C10H16ClN3O/c1-4-14(5-6-15-3)10-7-9(11)12-8(2)13-10/h7H,4-6H2,1-3H3. The third-order valence-corrected chi connectivity index (χ3v) is 2.26. The van der Waals surface area contributed by atoms with Gasteiger partial charge in [0.1, 0.15) is 16.8 Å². The molecule has 0 amide bonds. The zero-order valence-corrected chi connectivity index (χ0v) is 10.1. The fourth-order valence-corrected chi connectivity index (χ4v) is 1.53. The van der Waals surface area contributed by atoms with Crippen molar-refractivity contribution in [1.29, 1.82) is 0 Å². The van der Waals surface area contributed by atoms with Gasteiger partial charge in [-0.3, -0.25) is 0 Å². The van der Waals surface area contributed by atoms with E-state index >= 15 is 0 Å². The van der Waals surface area contributed by atoms with E-state index in [1.807, 2.05) is 6.92 Å².